The highest BCUT2D eigenvalue weighted by Crippen LogP contribution is 2.25. The Morgan fingerprint density at radius 2 is 1.92 bits per heavy atom. The molecule has 0 fully saturated rings. The number of benzene rings is 1. The van der Waals surface area contributed by atoms with Crippen molar-refractivity contribution < 1.29 is 14.5 Å². The summed E-state index contributed by atoms with van der Waals surface area (Å²) in [4.78, 5) is 32.3. The lowest BCUT2D eigenvalue weighted by Crippen LogP contribution is -2.18. The molecule has 0 spiro atoms. The largest absolute Gasteiger partial charge is 0.469 e. The molecule has 9 heteroatoms. The second-order valence-corrected chi connectivity index (χ2v) is 5.84. The van der Waals surface area contributed by atoms with Crippen molar-refractivity contribution >= 4 is 29.1 Å². The fourth-order valence-corrected chi connectivity index (χ4v) is 2.47. The molecule has 0 aliphatic rings. The zero-order chi connectivity index (χ0) is 18.6. The lowest BCUT2D eigenvalue weighted by atomic mass is 10.1. The molecule has 0 unspecified atom stereocenters. The van der Waals surface area contributed by atoms with Crippen molar-refractivity contribution in [1.29, 1.82) is 0 Å². The van der Waals surface area contributed by atoms with E-state index in [1.807, 2.05) is 0 Å². The minimum atomic E-state index is -0.455. The van der Waals surface area contributed by atoms with Crippen LogP contribution in [0.4, 0.5) is 11.5 Å². The minimum absolute atomic E-state index is 0.0186. The Bertz CT molecular complexity index is 793. The fraction of sp³-hybridized carbons (Fsp3) is 0.312. The summed E-state index contributed by atoms with van der Waals surface area (Å²) in [6, 6.07) is 6.14. The number of non-ortho nitro benzene ring substituents is 1. The Morgan fingerprint density at radius 1 is 1.28 bits per heavy atom. The maximum Gasteiger partial charge on any atom is 0.310 e. The number of nitro groups is 1. The summed E-state index contributed by atoms with van der Waals surface area (Å²) in [6.45, 7) is 0. The van der Waals surface area contributed by atoms with Gasteiger partial charge in [0.05, 0.1) is 18.5 Å². The Morgan fingerprint density at radius 3 is 2.44 bits per heavy atom. The monoisotopic (exact) mass is 364 g/mol. The van der Waals surface area contributed by atoms with Crippen LogP contribution in [0.25, 0.3) is 0 Å². The number of rotatable bonds is 6. The van der Waals surface area contributed by atoms with Crippen LogP contribution in [0.1, 0.15) is 17.0 Å². The highest BCUT2D eigenvalue weighted by atomic mass is 35.5. The van der Waals surface area contributed by atoms with Crippen molar-refractivity contribution in [1.82, 2.24) is 9.97 Å². The Balaban J connectivity index is 2.32. The standard InChI is InChI=1S/C16H17ClN4O4/c1-20(2)16-12(9-14(22)25-3)15(17)18-13(19-16)8-10-4-6-11(7-5-10)21(23)24/h4-7H,8-9H2,1-3H3. The highest BCUT2D eigenvalue weighted by Gasteiger charge is 2.18. The average Bonchev–Trinajstić information content (AvgIpc) is 2.57. The summed E-state index contributed by atoms with van der Waals surface area (Å²) in [5.41, 5.74) is 1.32. The van der Waals surface area contributed by atoms with Gasteiger partial charge in [-0.2, -0.15) is 0 Å². The molecular weight excluding hydrogens is 348 g/mol. The van der Waals surface area contributed by atoms with Crippen molar-refractivity contribution in [2.45, 2.75) is 12.8 Å². The fourth-order valence-electron chi connectivity index (χ4n) is 2.22. The van der Waals surface area contributed by atoms with E-state index in [0.29, 0.717) is 23.6 Å². The molecule has 0 saturated carbocycles. The number of nitro benzene ring substituents is 1. The number of halogens is 1. The summed E-state index contributed by atoms with van der Waals surface area (Å²) >= 11 is 6.24. The molecule has 0 bridgehead atoms. The molecule has 2 rings (SSSR count). The molecule has 1 aromatic heterocycles. The van der Waals surface area contributed by atoms with Gasteiger partial charge in [-0.15, -0.1) is 0 Å². The summed E-state index contributed by atoms with van der Waals surface area (Å²) < 4.78 is 4.67. The first-order chi connectivity index (χ1) is 11.8. The van der Waals surface area contributed by atoms with Gasteiger partial charge in [-0.25, -0.2) is 9.97 Å². The van der Waals surface area contributed by atoms with Crippen LogP contribution in [-0.4, -0.2) is 42.1 Å². The molecule has 0 atom stereocenters. The van der Waals surface area contributed by atoms with Crippen LogP contribution in [-0.2, 0) is 22.4 Å². The quantitative estimate of drug-likeness (QED) is 0.336. The van der Waals surface area contributed by atoms with Gasteiger partial charge in [-0.05, 0) is 5.56 Å². The maximum atomic E-state index is 11.6. The Kier molecular flexibility index (Phi) is 5.87. The number of methoxy groups -OCH3 is 1. The van der Waals surface area contributed by atoms with Gasteiger partial charge in [-0.1, -0.05) is 23.7 Å². The van der Waals surface area contributed by atoms with E-state index in [2.05, 4.69) is 14.7 Å². The van der Waals surface area contributed by atoms with Crippen LogP contribution in [0.3, 0.4) is 0 Å². The molecule has 0 radical (unpaired) electrons. The SMILES string of the molecule is COC(=O)Cc1c(Cl)nc(Cc2ccc([N+](=O)[O-])cc2)nc1N(C)C. The molecule has 1 aromatic carbocycles. The second kappa shape index (κ2) is 7.89. The first-order valence-electron chi connectivity index (χ1n) is 7.34. The van der Waals surface area contributed by atoms with E-state index < -0.39 is 10.9 Å². The summed E-state index contributed by atoms with van der Waals surface area (Å²) in [5.74, 6) is 0.551. The second-order valence-electron chi connectivity index (χ2n) is 5.48. The lowest BCUT2D eigenvalue weighted by Gasteiger charge is -2.17. The lowest BCUT2D eigenvalue weighted by molar-refractivity contribution is -0.384. The maximum absolute atomic E-state index is 11.6. The minimum Gasteiger partial charge on any atom is -0.469 e. The molecule has 8 nitrogen and oxygen atoms in total. The van der Waals surface area contributed by atoms with Gasteiger partial charge in [0.15, 0.2) is 0 Å². The smallest absolute Gasteiger partial charge is 0.310 e. The topological polar surface area (TPSA) is 98.5 Å². The van der Waals surface area contributed by atoms with Gasteiger partial charge in [0, 0.05) is 38.2 Å². The van der Waals surface area contributed by atoms with E-state index in [1.54, 1.807) is 31.1 Å². The number of anilines is 1. The van der Waals surface area contributed by atoms with Crippen LogP contribution >= 0.6 is 11.6 Å². The predicted octanol–water partition coefficient (Wildman–Crippen LogP) is 2.41. The number of aromatic nitrogens is 2. The molecule has 0 saturated heterocycles. The van der Waals surface area contributed by atoms with Crippen LogP contribution < -0.4 is 4.90 Å². The Labute approximate surface area is 149 Å². The van der Waals surface area contributed by atoms with Crippen LogP contribution in [0.15, 0.2) is 24.3 Å². The van der Waals surface area contributed by atoms with Crippen LogP contribution in [0.5, 0.6) is 0 Å². The van der Waals surface area contributed by atoms with Gasteiger partial charge in [0.25, 0.3) is 5.69 Å². The molecule has 0 N–H and O–H groups in total. The van der Waals surface area contributed by atoms with E-state index in [9.17, 15) is 14.9 Å². The van der Waals surface area contributed by atoms with Crippen molar-refractivity contribution in [2.75, 3.05) is 26.1 Å². The zero-order valence-corrected chi connectivity index (χ0v) is 14.8. The molecule has 132 valence electrons. The molecule has 0 amide bonds. The van der Waals surface area contributed by atoms with E-state index in [-0.39, 0.29) is 17.3 Å². The number of hydrogen-bond donors (Lipinski definition) is 0. The number of carbonyl (C=O) groups excluding carboxylic acids is 1. The van der Waals surface area contributed by atoms with E-state index in [0.717, 1.165) is 5.56 Å². The van der Waals surface area contributed by atoms with Crippen LogP contribution in [0, 0.1) is 10.1 Å². The van der Waals surface area contributed by atoms with Gasteiger partial charge in [-0.3, -0.25) is 14.9 Å². The molecule has 25 heavy (non-hydrogen) atoms. The average molecular weight is 365 g/mol. The number of ether oxygens (including phenoxy) is 1. The first kappa shape index (κ1) is 18.6. The van der Waals surface area contributed by atoms with Gasteiger partial charge in [0.1, 0.15) is 16.8 Å². The zero-order valence-electron chi connectivity index (χ0n) is 14.0. The predicted molar refractivity (Wildman–Crippen MR) is 93.0 cm³/mol. The number of esters is 1. The third-order valence-corrected chi connectivity index (χ3v) is 3.78. The molecule has 2 aromatic rings. The normalized spacial score (nSPS) is 10.4. The van der Waals surface area contributed by atoms with E-state index in [4.69, 9.17) is 11.6 Å². The summed E-state index contributed by atoms with van der Waals surface area (Å²) in [7, 11) is 4.87. The van der Waals surface area contributed by atoms with Crippen molar-refractivity contribution in [3.8, 4) is 0 Å². The van der Waals surface area contributed by atoms with Crippen molar-refractivity contribution in [2.24, 2.45) is 0 Å². The van der Waals surface area contributed by atoms with Crippen molar-refractivity contribution in [3.05, 3.63) is 56.5 Å². The van der Waals surface area contributed by atoms with Crippen molar-refractivity contribution in [3.63, 3.8) is 0 Å². The first-order valence-corrected chi connectivity index (χ1v) is 7.72. The van der Waals surface area contributed by atoms with Gasteiger partial charge in [0.2, 0.25) is 0 Å². The summed E-state index contributed by atoms with van der Waals surface area (Å²) in [5, 5.41) is 10.9. The third kappa shape index (κ3) is 4.63. The number of hydrogen-bond acceptors (Lipinski definition) is 7. The molecule has 0 aliphatic heterocycles. The highest BCUT2D eigenvalue weighted by molar-refractivity contribution is 6.30. The van der Waals surface area contributed by atoms with Crippen LogP contribution in [0.2, 0.25) is 5.15 Å². The van der Waals surface area contributed by atoms with E-state index >= 15 is 0 Å². The Hall–Kier alpha value is -2.74. The summed E-state index contributed by atoms with van der Waals surface area (Å²) in [6.07, 6.45) is 0.331. The van der Waals surface area contributed by atoms with Gasteiger partial charge < -0.3 is 9.64 Å². The van der Waals surface area contributed by atoms with Gasteiger partial charge >= 0.3 is 5.97 Å². The molecule has 0 aliphatic carbocycles. The van der Waals surface area contributed by atoms with E-state index in [1.165, 1.54) is 19.2 Å². The number of carbonyl (C=O) groups is 1. The third-order valence-electron chi connectivity index (χ3n) is 3.46. The molecular formula is C16H17ClN4O4. The molecule has 1 heterocycles. The number of nitrogens with zero attached hydrogens (tertiary/aromatic N) is 4.